The number of nitrogens with zero attached hydrogens (tertiary/aromatic N) is 7. The summed E-state index contributed by atoms with van der Waals surface area (Å²) in [7, 11) is 0. The highest BCUT2D eigenvalue weighted by Crippen LogP contribution is 2.24. The zero-order valence-corrected chi connectivity index (χ0v) is 18.5. The molecule has 0 N–H and O–H groups in total. The molecule has 3 aromatic heterocycles. The van der Waals surface area contributed by atoms with Crippen molar-refractivity contribution in [1.29, 1.82) is 0 Å². The number of piperazine rings is 1. The number of para-hydroxylation sites is 1. The van der Waals surface area contributed by atoms with Crippen LogP contribution in [0, 0.1) is 0 Å². The van der Waals surface area contributed by atoms with Crippen LogP contribution in [-0.2, 0) is 6.54 Å². The van der Waals surface area contributed by atoms with Gasteiger partial charge in [0.25, 0.3) is 0 Å². The minimum atomic E-state index is 0.594. The molecule has 0 radical (unpaired) electrons. The number of aromatic nitrogens is 4. The lowest BCUT2D eigenvalue weighted by atomic mass is 10.2. The van der Waals surface area contributed by atoms with Crippen LogP contribution in [0.25, 0.3) is 17.2 Å². The molecule has 0 amide bonds. The summed E-state index contributed by atoms with van der Waals surface area (Å²) in [5.74, 6) is 2.10. The van der Waals surface area contributed by atoms with E-state index in [0.717, 1.165) is 69.4 Å². The van der Waals surface area contributed by atoms with E-state index in [2.05, 4.69) is 57.2 Å². The van der Waals surface area contributed by atoms with Crippen LogP contribution in [0.3, 0.4) is 0 Å². The summed E-state index contributed by atoms with van der Waals surface area (Å²) < 4.78 is 7.47. The Morgan fingerprint density at radius 2 is 1.76 bits per heavy atom. The van der Waals surface area contributed by atoms with Crippen molar-refractivity contribution < 1.29 is 4.42 Å². The number of furan rings is 1. The van der Waals surface area contributed by atoms with Crippen molar-refractivity contribution in [2.24, 2.45) is 0 Å². The Bertz CT molecular complexity index is 1240. The van der Waals surface area contributed by atoms with E-state index in [-0.39, 0.29) is 0 Å². The highest BCUT2D eigenvalue weighted by Gasteiger charge is 2.22. The maximum absolute atomic E-state index is 5.58. The van der Waals surface area contributed by atoms with E-state index >= 15 is 0 Å². The van der Waals surface area contributed by atoms with E-state index in [9.17, 15) is 0 Å². The standard InChI is InChI=1S/C25H27N7O/c1-3-8-21(9-4-1)30-15-13-29(14-16-30)19-20-18-26-25(31-11-5-2-6-12-31)32-24(20)27-23(28-32)22-10-7-17-33-22/h1-5,7-10,17-18H,6,11-16,19H2. The fourth-order valence-corrected chi connectivity index (χ4v) is 4.61. The van der Waals surface area contributed by atoms with Gasteiger partial charge in [-0.25, -0.2) is 9.97 Å². The summed E-state index contributed by atoms with van der Waals surface area (Å²) in [6.07, 6.45) is 9.04. The van der Waals surface area contributed by atoms with Crippen LogP contribution in [0.4, 0.5) is 11.6 Å². The summed E-state index contributed by atoms with van der Waals surface area (Å²) >= 11 is 0. The molecule has 1 aromatic carbocycles. The van der Waals surface area contributed by atoms with Crippen LogP contribution in [0.2, 0.25) is 0 Å². The Morgan fingerprint density at radius 3 is 2.52 bits per heavy atom. The topological polar surface area (TPSA) is 65.9 Å². The molecule has 2 aliphatic heterocycles. The average molecular weight is 442 g/mol. The SMILES string of the molecule is C1=CCN(c2ncc(CN3CCN(c4ccccc4)CC3)c3nc(-c4ccco4)nn23)CC1. The number of rotatable bonds is 5. The summed E-state index contributed by atoms with van der Waals surface area (Å²) in [5.41, 5.74) is 3.23. The lowest BCUT2D eigenvalue weighted by molar-refractivity contribution is 0.250. The Kier molecular flexibility index (Phi) is 5.28. The van der Waals surface area contributed by atoms with Crippen molar-refractivity contribution in [3.63, 3.8) is 0 Å². The minimum absolute atomic E-state index is 0.594. The van der Waals surface area contributed by atoms with Crippen molar-refractivity contribution in [3.05, 3.63) is 72.6 Å². The largest absolute Gasteiger partial charge is 0.461 e. The normalized spacial score (nSPS) is 17.2. The lowest BCUT2D eigenvalue weighted by Crippen LogP contribution is -2.46. The molecule has 5 heterocycles. The third-order valence-corrected chi connectivity index (χ3v) is 6.39. The number of benzene rings is 1. The van der Waals surface area contributed by atoms with E-state index in [1.54, 1.807) is 6.26 Å². The van der Waals surface area contributed by atoms with Crippen molar-refractivity contribution in [1.82, 2.24) is 24.5 Å². The molecule has 0 saturated carbocycles. The number of fused-ring (bicyclic) bond motifs is 1. The third-order valence-electron chi connectivity index (χ3n) is 6.39. The van der Waals surface area contributed by atoms with Crippen LogP contribution in [0.1, 0.15) is 12.0 Å². The first kappa shape index (κ1) is 20.0. The highest BCUT2D eigenvalue weighted by molar-refractivity contribution is 5.58. The minimum Gasteiger partial charge on any atom is -0.461 e. The Morgan fingerprint density at radius 1 is 0.879 bits per heavy atom. The molecule has 33 heavy (non-hydrogen) atoms. The van der Waals surface area contributed by atoms with Crippen LogP contribution in [-0.4, -0.2) is 63.8 Å². The molecular formula is C25H27N7O. The van der Waals surface area contributed by atoms with Gasteiger partial charge in [-0.1, -0.05) is 30.4 Å². The van der Waals surface area contributed by atoms with Gasteiger partial charge in [0.2, 0.25) is 11.8 Å². The maximum Gasteiger partial charge on any atom is 0.228 e. The van der Waals surface area contributed by atoms with Crippen molar-refractivity contribution in [2.75, 3.05) is 49.1 Å². The second kappa shape index (κ2) is 8.71. The first-order chi connectivity index (χ1) is 16.3. The Hall–Kier alpha value is -3.65. The van der Waals surface area contributed by atoms with Crippen LogP contribution < -0.4 is 9.80 Å². The molecule has 6 rings (SSSR count). The first-order valence-corrected chi connectivity index (χ1v) is 11.6. The number of hydrogen-bond donors (Lipinski definition) is 0. The molecule has 0 spiro atoms. The molecule has 1 fully saturated rings. The molecule has 0 bridgehead atoms. The van der Waals surface area contributed by atoms with E-state index in [0.29, 0.717) is 11.6 Å². The number of anilines is 2. The quantitative estimate of drug-likeness (QED) is 0.439. The monoisotopic (exact) mass is 441 g/mol. The molecule has 0 aliphatic carbocycles. The van der Waals surface area contributed by atoms with E-state index in [1.165, 1.54) is 5.69 Å². The van der Waals surface area contributed by atoms with Gasteiger partial charge >= 0.3 is 0 Å². The van der Waals surface area contributed by atoms with E-state index in [4.69, 9.17) is 19.5 Å². The Labute approximate surface area is 192 Å². The van der Waals surface area contributed by atoms with E-state index < -0.39 is 0 Å². The Balaban J connectivity index is 1.27. The van der Waals surface area contributed by atoms with Crippen LogP contribution in [0.5, 0.6) is 0 Å². The van der Waals surface area contributed by atoms with Gasteiger partial charge in [-0.05, 0) is 30.7 Å². The fraction of sp³-hybridized carbons (Fsp3) is 0.320. The van der Waals surface area contributed by atoms with Gasteiger partial charge in [0.15, 0.2) is 11.4 Å². The van der Waals surface area contributed by atoms with Gasteiger partial charge in [-0.3, -0.25) is 4.90 Å². The third kappa shape index (κ3) is 3.98. The van der Waals surface area contributed by atoms with Gasteiger partial charge in [-0.2, -0.15) is 4.52 Å². The van der Waals surface area contributed by atoms with Gasteiger partial charge < -0.3 is 14.2 Å². The second-order valence-electron chi connectivity index (χ2n) is 8.54. The van der Waals surface area contributed by atoms with Gasteiger partial charge in [0, 0.05) is 63.3 Å². The second-order valence-corrected chi connectivity index (χ2v) is 8.54. The average Bonchev–Trinajstić information content (AvgIpc) is 3.57. The predicted octanol–water partition coefficient (Wildman–Crippen LogP) is 3.47. The van der Waals surface area contributed by atoms with Crippen LogP contribution >= 0.6 is 0 Å². The zero-order valence-electron chi connectivity index (χ0n) is 18.5. The number of hydrogen-bond acceptors (Lipinski definition) is 7. The van der Waals surface area contributed by atoms with Crippen molar-refractivity contribution in [2.45, 2.75) is 13.0 Å². The van der Waals surface area contributed by atoms with E-state index in [1.807, 2.05) is 22.8 Å². The molecule has 1 saturated heterocycles. The molecular weight excluding hydrogens is 414 g/mol. The first-order valence-electron chi connectivity index (χ1n) is 11.6. The lowest BCUT2D eigenvalue weighted by Gasteiger charge is -2.36. The van der Waals surface area contributed by atoms with Gasteiger partial charge in [-0.15, -0.1) is 5.10 Å². The van der Waals surface area contributed by atoms with Crippen molar-refractivity contribution in [3.8, 4) is 11.6 Å². The van der Waals surface area contributed by atoms with Crippen LogP contribution in [0.15, 0.2) is 71.5 Å². The molecule has 0 atom stereocenters. The van der Waals surface area contributed by atoms with Gasteiger partial charge in [0.05, 0.1) is 6.26 Å². The maximum atomic E-state index is 5.58. The van der Waals surface area contributed by atoms with Gasteiger partial charge in [0.1, 0.15) is 0 Å². The van der Waals surface area contributed by atoms with Crippen molar-refractivity contribution >= 4 is 17.3 Å². The molecule has 168 valence electrons. The molecule has 8 heteroatoms. The summed E-state index contributed by atoms with van der Waals surface area (Å²) in [5, 5.41) is 4.79. The molecule has 4 aromatic rings. The highest BCUT2D eigenvalue weighted by atomic mass is 16.3. The summed E-state index contributed by atoms with van der Waals surface area (Å²) in [6, 6.07) is 14.4. The summed E-state index contributed by atoms with van der Waals surface area (Å²) in [4.78, 5) is 16.9. The smallest absolute Gasteiger partial charge is 0.228 e. The predicted molar refractivity (Wildman–Crippen MR) is 128 cm³/mol. The molecule has 8 nitrogen and oxygen atoms in total. The molecule has 0 unspecified atom stereocenters. The molecule has 2 aliphatic rings. The summed E-state index contributed by atoms with van der Waals surface area (Å²) in [6.45, 7) is 6.58. The fourth-order valence-electron chi connectivity index (χ4n) is 4.61. The zero-order chi connectivity index (χ0) is 22.0.